The predicted molar refractivity (Wildman–Crippen MR) is 121 cm³/mol. The van der Waals surface area contributed by atoms with Crippen LogP contribution in [0.1, 0.15) is 44.1 Å². The lowest BCUT2D eigenvalue weighted by atomic mass is 9.78. The number of benzene rings is 1. The molecule has 0 bridgehead atoms. The first-order valence-electron chi connectivity index (χ1n) is 11.0. The normalized spacial score (nSPS) is 21.6. The zero-order chi connectivity index (χ0) is 20.7. The second-order valence-corrected chi connectivity index (χ2v) is 9.62. The van der Waals surface area contributed by atoms with Crippen molar-refractivity contribution in [3.05, 3.63) is 52.6 Å². The van der Waals surface area contributed by atoms with Crippen LogP contribution in [0.5, 0.6) is 0 Å². The SMILES string of the molecule is Cc1c(-c2ccccc2)sc2ncn(CC(=O)N3CCCC4CCCCC43)c(=O)c12. The number of thiophene rings is 1. The number of hydrogen-bond donors (Lipinski definition) is 0. The number of fused-ring (bicyclic) bond motifs is 2. The van der Waals surface area contributed by atoms with Gasteiger partial charge in [0, 0.05) is 17.5 Å². The van der Waals surface area contributed by atoms with E-state index in [0.717, 1.165) is 40.2 Å². The van der Waals surface area contributed by atoms with E-state index in [2.05, 4.69) is 22.0 Å². The highest BCUT2D eigenvalue weighted by atomic mass is 32.1. The van der Waals surface area contributed by atoms with Crippen LogP contribution in [0.2, 0.25) is 0 Å². The highest BCUT2D eigenvalue weighted by molar-refractivity contribution is 7.22. The molecule has 3 heterocycles. The summed E-state index contributed by atoms with van der Waals surface area (Å²) in [6, 6.07) is 10.5. The van der Waals surface area contributed by atoms with Crippen LogP contribution in [0.3, 0.4) is 0 Å². The molecule has 0 spiro atoms. The third kappa shape index (κ3) is 3.37. The molecule has 0 N–H and O–H groups in total. The Morgan fingerprint density at radius 1 is 1.13 bits per heavy atom. The average Bonchev–Trinajstić information content (AvgIpc) is 3.13. The number of carbonyl (C=O) groups is 1. The van der Waals surface area contributed by atoms with Crippen molar-refractivity contribution in [1.82, 2.24) is 14.5 Å². The molecular formula is C24H27N3O2S. The monoisotopic (exact) mass is 421 g/mol. The summed E-state index contributed by atoms with van der Waals surface area (Å²) in [5.41, 5.74) is 1.93. The van der Waals surface area contributed by atoms with Crippen LogP contribution in [0, 0.1) is 12.8 Å². The van der Waals surface area contributed by atoms with Gasteiger partial charge in [-0.25, -0.2) is 4.98 Å². The van der Waals surface area contributed by atoms with E-state index in [1.165, 1.54) is 30.3 Å². The van der Waals surface area contributed by atoms with E-state index in [1.54, 1.807) is 17.7 Å². The predicted octanol–water partition coefficient (Wildman–Crippen LogP) is 4.61. The Morgan fingerprint density at radius 3 is 2.73 bits per heavy atom. The van der Waals surface area contributed by atoms with Gasteiger partial charge >= 0.3 is 0 Å². The lowest BCUT2D eigenvalue weighted by molar-refractivity contribution is -0.138. The molecule has 2 aromatic heterocycles. The van der Waals surface area contributed by atoms with Gasteiger partial charge in [0.15, 0.2) is 0 Å². The molecule has 5 nitrogen and oxygen atoms in total. The zero-order valence-electron chi connectivity index (χ0n) is 17.3. The Hall–Kier alpha value is -2.47. The molecule has 1 saturated carbocycles. The summed E-state index contributed by atoms with van der Waals surface area (Å²) in [6.45, 7) is 2.88. The van der Waals surface area contributed by atoms with E-state index in [-0.39, 0.29) is 18.0 Å². The number of likely N-dealkylation sites (tertiary alicyclic amines) is 1. The van der Waals surface area contributed by atoms with Crippen LogP contribution in [0.4, 0.5) is 0 Å². The Bertz CT molecular complexity index is 1130. The van der Waals surface area contributed by atoms with Gasteiger partial charge in [-0.2, -0.15) is 0 Å². The number of hydrogen-bond acceptors (Lipinski definition) is 4. The smallest absolute Gasteiger partial charge is 0.262 e. The highest BCUT2D eigenvalue weighted by Gasteiger charge is 2.35. The summed E-state index contributed by atoms with van der Waals surface area (Å²) < 4.78 is 1.51. The minimum Gasteiger partial charge on any atom is -0.338 e. The van der Waals surface area contributed by atoms with Gasteiger partial charge in [0.05, 0.1) is 11.7 Å². The molecular weight excluding hydrogens is 394 g/mol. The number of carbonyl (C=O) groups excluding carboxylic acids is 1. The molecule has 1 aromatic carbocycles. The summed E-state index contributed by atoms with van der Waals surface area (Å²) in [7, 11) is 0. The molecule has 1 aliphatic carbocycles. The standard InChI is InChI=1S/C24H27N3O2S/c1-16-21-23(30-22(16)18-9-3-2-4-10-18)25-15-26(24(21)29)14-20(28)27-13-7-11-17-8-5-6-12-19(17)27/h2-4,9-10,15,17,19H,5-8,11-14H2,1H3. The lowest BCUT2D eigenvalue weighted by Crippen LogP contribution is -2.51. The first-order chi connectivity index (χ1) is 14.6. The van der Waals surface area contributed by atoms with E-state index in [1.807, 2.05) is 25.1 Å². The zero-order valence-corrected chi connectivity index (χ0v) is 18.2. The van der Waals surface area contributed by atoms with E-state index in [0.29, 0.717) is 17.3 Å². The van der Waals surface area contributed by atoms with Crippen molar-refractivity contribution < 1.29 is 4.79 Å². The maximum atomic E-state index is 13.3. The molecule has 5 rings (SSSR count). The second kappa shape index (κ2) is 7.99. The Balaban J connectivity index is 1.45. The van der Waals surface area contributed by atoms with Gasteiger partial charge in [0.2, 0.25) is 5.91 Å². The molecule has 156 valence electrons. The summed E-state index contributed by atoms with van der Waals surface area (Å²) >= 11 is 1.54. The van der Waals surface area contributed by atoms with Crippen LogP contribution in [-0.4, -0.2) is 32.9 Å². The van der Waals surface area contributed by atoms with Gasteiger partial charge in [-0.15, -0.1) is 11.3 Å². The number of piperidine rings is 1. The third-order valence-electron chi connectivity index (χ3n) is 6.82. The Labute approximate surface area is 180 Å². The van der Waals surface area contributed by atoms with Crippen LogP contribution < -0.4 is 5.56 Å². The fourth-order valence-electron chi connectivity index (χ4n) is 5.31. The van der Waals surface area contributed by atoms with Gasteiger partial charge in [-0.05, 0) is 49.7 Å². The molecule has 1 saturated heterocycles. The van der Waals surface area contributed by atoms with Crippen molar-refractivity contribution in [2.45, 2.75) is 58.0 Å². The first kappa shape index (κ1) is 19.5. The number of aromatic nitrogens is 2. The fourth-order valence-corrected chi connectivity index (χ4v) is 6.45. The number of nitrogens with zero attached hydrogens (tertiary/aromatic N) is 3. The van der Waals surface area contributed by atoms with E-state index >= 15 is 0 Å². The van der Waals surface area contributed by atoms with Crippen molar-refractivity contribution in [2.75, 3.05) is 6.54 Å². The molecule has 2 aliphatic rings. The summed E-state index contributed by atoms with van der Waals surface area (Å²) in [4.78, 5) is 34.8. The van der Waals surface area contributed by atoms with Crippen molar-refractivity contribution in [3.63, 3.8) is 0 Å². The van der Waals surface area contributed by atoms with Crippen LogP contribution >= 0.6 is 11.3 Å². The van der Waals surface area contributed by atoms with Crippen LogP contribution in [-0.2, 0) is 11.3 Å². The van der Waals surface area contributed by atoms with Gasteiger partial charge in [-0.3, -0.25) is 14.2 Å². The maximum absolute atomic E-state index is 13.3. The topological polar surface area (TPSA) is 55.2 Å². The fraction of sp³-hybridized carbons (Fsp3) is 0.458. The van der Waals surface area contributed by atoms with Crippen LogP contribution in [0.25, 0.3) is 20.7 Å². The number of aryl methyl sites for hydroxylation is 1. The molecule has 2 unspecified atom stereocenters. The average molecular weight is 422 g/mol. The van der Waals surface area contributed by atoms with Gasteiger partial charge in [0.25, 0.3) is 5.56 Å². The van der Waals surface area contributed by atoms with Crippen molar-refractivity contribution in [1.29, 1.82) is 0 Å². The number of amides is 1. The quantitative estimate of drug-likeness (QED) is 0.620. The lowest BCUT2D eigenvalue weighted by Gasteiger charge is -2.44. The van der Waals surface area contributed by atoms with Crippen LogP contribution in [0.15, 0.2) is 41.5 Å². The second-order valence-electron chi connectivity index (χ2n) is 8.62. The molecule has 2 atom stereocenters. The van der Waals surface area contributed by atoms with E-state index in [4.69, 9.17) is 0 Å². The van der Waals surface area contributed by atoms with Gasteiger partial charge < -0.3 is 4.90 Å². The minimum absolute atomic E-state index is 0.0611. The minimum atomic E-state index is -0.110. The van der Waals surface area contributed by atoms with Gasteiger partial charge in [0.1, 0.15) is 11.4 Å². The molecule has 0 radical (unpaired) electrons. The Morgan fingerprint density at radius 2 is 1.90 bits per heavy atom. The number of rotatable bonds is 3. The molecule has 3 aromatic rings. The van der Waals surface area contributed by atoms with Crippen molar-refractivity contribution in [3.8, 4) is 10.4 Å². The molecule has 1 amide bonds. The summed E-state index contributed by atoms with van der Waals surface area (Å²) in [6.07, 6.45) is 8.68. The van der Waals surface area contributed by atoms with Gasteiger partial charge in [-0.1, -0.05) is 43.2 Å². The highest BCUT2D eigenvalue weighted by Crippen LogP contribution is 2.36. The molecule has 1 aliphatic heterocycles. The molecule has 2 fully saturated rings. The summed E-state index contributed by atoms with van der Waals surface area (Å²) in [5, 5.41) is 0.642. The molecule has 6 heteroatoms. The first-order valence-corrected chi connectivity index (χ1v) is 11.8. The largest absolute Gasteiger partial charge is 0.338 e. The van der Waals surface area contributed by atoms with E-state index in [9.17, 15) is 9.59 Å². The van der Waals surface area contributed by atoms with Crippen molar-refractivity contribution in [2.24, 2.45) is 5.92 Å². The maximum Gasteiger partial charge on any atom is 0.262 e. The van der Waals surface area contributed by atoms with E-state index < -0.39 is 0 Å². The summed E-state index contributed by atoms with van der Waals surface area (Å²) in [5.74, 6) is 0.701. The Kier molecular flexibility index (Phi) is 5.19. The third-order valence-corrected chi connectivity index (χ3v) is 8.07. The van der Waals surface area contributed by atoms with Crippen molar-refractivity contribution >= 4 is 27.5 Å². The molecule has 30 heavy (non-hydrogen) atoms.